The van der Waals surface area contributed by atoms with Gasteiger partial charge in [0.05, 0.1) is 12.9 Å². The van der Waals surface area contributed by atoms with Crippen molar-refractivity contribution in [3.63, 3.8) is 0 Å². The Hall–Kier alpha value is -0.310. The summed E-state index contributed by atoms with van der Waals surface area (Å²) < 4.78 is 16.4. The average Bonchev–Trinajstić information content (AvgIpc) is 2.21. The number of allylic oxidation sites excluding steroid dienone is 1. The summed E-state index contributed by atoms with van der Waals surface area (Å²) in [6.07, 6.45) is 8.31. The summed E-state index contributed by atoms with van der Waals surface area (Å²) in [6.45, 7) is 2.78. The molecule has 0 aliphatic carbocycles. The van der Waals surface area contributed by atoms with Crippen molar-refractivity contribution in [2.45, 2.75) is 32.6 Å². The highest BCUT2D eigenvalue weighted by atomic mass is 32.2. The van der Waals surface area contributed by atoms with Crippen LogP contribution in [-0.2, 0) is 15.5 Å². The molecule has 82 valence electrons. The first kappa shape index (κ1) is 11.8. The lowest BCUT2D eigenvalue weighted by Crippen LogP contribution is -2.18. The van der Waals surface area contributed by atoms with Gasteiger partial charge in [-0.25, -0.2) is 0 Å². The summed E-state index contributed by atoms with van der Waals surface area (Å²) in [4.78, 5) is 0. The first-order valence-corrected chi connectivity index (χ1v) is 6.89. The molecule has 1 fully saturated rings. The van der Waals surface area contributed by atoms with Crippen LogP contribution in [0.15, 0.2) is 12.3 Å². The maximum atomic E-state index is 11.1. The second-order valence-electron chi connectivity index (χ2n) is 3.77. The van der Waals surface area contributed by atoms with Gasteiger partial charge in [-0.3, -0.25) is 4.21 Å². The van der Waals surface area contributed by atoms with E-state index in [1.165, 1.54) is 6.42 Å². The van der Waals surface area contributed by atoms with Crippen LogP contribution >= 0.6 is 0 Å². The maximum absolute atomic E-state index is 11.1. The summed E-state index contributed by atoms with van der Waals surface area (Å²) in [7, 11) is -0.514. The normalized spacial score (nSPS) is 28.1. The smallest absolute Gasteiger partial charge is 0.0873 e. The van der Waals surface area contributed by atoms with Crippen LogP contribution in [0.3, 0.4) is 0 Å². The fourth-order valence-corrected chi connectivity index (χ4v) is 3.15. The lowest BCUT2D eigenvalue weighted by molar-refractivity contribution is 0.230. The van der Waals surface area contributed by atoms with Crippen molar-refractivity contribution >= 4 is 10.8 Å². The number of hydrogen-bond donors (Lipinski definition) is 0. The average molecular weight is 216 g/mol. The standard InChI is InChI=1S/C11H20O2S/c1-2-7-13-8-3-4-11-5-9-14(12)10-6-11/h2,7,11H,3-6,8-10H2,1H3/b7-2+. The summed E-state index contributed by atoms with van der Waals surface area (Å²) in [6, 6.07) is 0. The van der Waals surface area contributed by atoms with Crippen LogP contribution < -0.4 is 0 Å². The van der Waals surface area contributed by atoms with Crippen LogP contribution in [0.2, 0.25) is 0 Å². The topological polar surface area (TPSA) is 26.3 Å². The zero-order valence-electron chi connectivity index (χ0n) is 8.91. The molecule has 0 bridgehead atoms. The van der Waals surface area contributed by atoms with E-state index in [0.717, 1.165) is 43.3 Å². The van der Waals surface area contributed by atoms with Crippen LogP contribution in [0.1, 0.15) is 32.6 Å². The van der Waals surface area contributed by atoms with Crippen molar-refractivity contribution < 1.29 is 8.95 Å². The van der Waals surface area contributed by atoms with E-state index in [1.807, 2.05) is 13.0 Å². The minimum atomic E-state index is -0.514. The molecule has 0 aromatic carbocycles. The van der Waals surface area contributed by atoms with Gasteiger partial charge < -0.3 is 4.74 Å². The van der Waals surface area contributed by atoms with Crippen LogP contribution in [0.25, 0.3) is 0 Å². The molecule has 0 amide bonds. The molecule has 14 heavy (non-hydrogen) atoms. The summed E-state index contributed by atoms with van der Waals surface area (Å²) >= 11 is 0. The number of rotatable bonds is 5. The molecule has 0 saturated carbocycles. The van der Waals surface area contributed by atoms with Gasteiger partial charge in [0.1, 0.15) is 0 Å². The van der Waals surface area contributed by atoms with Gasteiger partial charge in [0.2, 0.25) is 0 Å². The van der Waals surface area contributed by atoms with Gasteiger partial charge in [-0.05, 0) is 38.5 Å². The Morgan fingerprint density at radius 3 is 2.79 bits per heavy atom. The lowest BCUT2D eigenvalue weighted by atomic mass is 9.97. The van der Waals surface area contributed by atoms with Crippen molar-refractivity contribution in [2.75, 3.05) is 18.1 Å². The third-order valence-electron chi connectivity index (χ3n) is 2.61. The second kappa shape index (κ2) is 7.04. The SMILES string of the molecule is C/C=C/OCCCC1CCS(=O)CC1. The molecule has 0 N–H and O–H groups in total. The molecule has 3 heteroatoms. The highest BCUT2D eigenvalue weighted by Crippen LogP contribution is 2.21. The number of hydrogen-bond acceptors (Lipinski definition) is 2. The van der Waals surface area contributed by atoms with E-state index in [1.54, 1.807) is 6.26 Å². The van der Waals surface area contributed by atoms with Gasteiger partial charge in [-0.2, -0.15) is 0 Å². The molecule has 0 aromatic heterocycles. The monoisotopic (exact) mass is 216 g/mol. The Balaban J connectivity index is 1.99. The van der Waals surface area contributed by atoms with Gasteiger partial charge in [0.25, 0.3) is 0 Å². The van der Waals surface area contributed by atoms with E-state index >= 15 is 0 Å². The highest BCUT2D eigenvalue weighted by Gasteiger charge is 2.16. The molecule has 1 aliphatic heterocycles. The predicted molar refractivity (Wildman–Crippen MR) is 60.6 cm³/mol. The van der Waals surface area contributed by atoms with Crippen LogP contribution in [0.5, 0.6) is 0 Å². The zero-order chi connectivity index (χ0) is 10.2. The van der Waals surface area contributed by atoms with Gasteiger partial charge in [-0.1, -0.05) is 6.08 Å². The van der Waals surface area contributed by atoms with Crippen molar-refractivity contribution in [1.29, 1.82) is 0 Å². The Morgan fingerprint density at radius 1 is 1.43 bits per heavy atom. The van der Waals surface area contributed by atoms with Gasteiger partial charge >= 0.3 is 0 Å². The van der Waals surface area contributed by atoms with Crippen molar-refractivity contribution in [2.24, 2.45) is 5.92 Å². The fourth-order valence-electron chi connectivity index (χ4n) is 1.75. The van der Waals surface area contributed by atoms with E-state index in [0.29, 0.717) is 0 Å². The summed E-state index contributed by atoms with van der Waals surface area (Å²) in [5.74, 6) is 2.63. The van der Waals surface area contributed by atoms with E-state index < -0.39 is 10.8 Å². The molecule has 0 atom stereocenters. The minimum absolute atomic E-state index is 0.514. The van der Waals surface area contributed by atoms with E-state index in [2.05, 4.69) is 0 Å². The Bertz CT molecular complexity index is 191. The van der Waals surface area contributed by atoms with Gasteiger partial charge in [0, 0.05) is 22.3 Å². The fraction of sp³-hybridized carbons (Fsp3) is 0.818. The first-order chi connectivity index (χ1) is 6.83. The predicted octanol–water partition coefficient (Wildman–Crippen LogP) is 2.48. The minimum Gasteiger partial charge on any atom is -0.502 e. The molecule has 1 saturated heterocycles. The Morgan fingerprint density at radius 2 is 2.14 bits per heavy atom. The molecule has 1 rings (SSSR count). The van der Waals surface area contributed by atoms with E-state index in [4.69, 9.17) is 4.74 Å². The molecular formula is C11H20O2S. The zero-order valence-corrected chi connectivity index (χ0v) is 9.72. The molecule has 0 spiro atoms. The van der Waals surface area contributed by atoms with E-state index in [9.17, 15) is 4.21 Å². The molecule has 0 aromatic rings. The van der Waals surface area contributed by atoms with Crippen molar-refractivity contribution in [3.8, 4) is 0 Å². The van der Waals surface area contributed by atoms with Gasteiger partial charge in [0.15, 0.2) is 0 Å². The van der Waals surface area contributed by atoms with Crippen LogP contribution in [-0.4, -0.2) is 22.3 Å². The first-order valence-electron chi connectivity index (χ1n) is 5.40. The molecular weight excluding hydrogens is 196 g/mol. The van der Waals surface area contributed by atoms with Crippen molar-refractivity contribution in [3.05, 3.63) is 12.3 Å². The second-order valence-corrected chi connectivity index (χ2v) is 5.47. The third kappa shape index (κ3) is 4.80. The molecule has 1 aliphatic rings. The Labute approximate surface area is 89.2 Å². The van der Waals surface area contributed by atoms with Crippen LogP contribution in [0, 0.1) is 5.92 Å². The quantitative estimate of drug-likeness (QED) is 0.521. The third-order valence-corrected chi connectivity index (χ3v) is 4.00. The Kier molecular flexibility index (Phi) is 5.92. The summed E-state index contributed by atoms with van der Waals surface area (Å²) in [5, 5.41) is 0. The number of ether oxygens (including phenoxy) is 1. The van der Waals surface area contributed by atoms with Crippen molar-refractivity contribution in [1.82, 2.24) is 0 Å². The molecule has 0 unspecified atom stereocenters. The lowest BCUT2D eigenvalue weighted by Gasteiger charge is -2.20. The highest BCUT2D eigenvalue weighted by molar-refractivity contribution is 7.85. The molecule has 1 heterocycles. The van der Waals surface area contributed by atoms with Crippen LogP contribution in [0.4, 0.5) is 0 Å². The maximum Gasteiger partial charge on any atom is 0.0873 e. The van der Waals surface area contributed by atoms with Gasteiger partial charge in [-0.15, -0.1) is 0 Å². The van der Waals surface area contributed by atoms with E-state index in [-0.39, 0.29) is 0 Å². The molecule has 0 radical (unpaired) electrons. The largest absolute Gasteiger partial charge is 0.502 e. The summed E-state index contributed by atoms with van der Waals surface area (Å²) in [5.41, 5.74) is 0. The molecule has 2 nitrogen and oxygen atoms in total.